The molecular formula is C12H14FNO2. The van der Waals surface area contributed by atoms with Crippen molar-refractivity contribution < 1.29 is 13.9 Å². The molecule has 2 atom stereocenters. The molecule has 0 spiro atoms. The van der Waals surface area contributed by atoms with E-state index < -0.39 is 6.04 Å². The molecule has 86 valence electrons. The van der Waals surface area contributed by atoms with E-state index in [0.29, 0.717) is 12.1 Å². The largest absolute Gasteiger partial charge is 0.468 e. The molecule has 0 bridgehead atoms. The topological polar surface area (TPSA) is 38.3 Å². The number of hydrogen-bond acceptors (Lipinski definition) is 3. The number of rotatable bonds is 2. The van der Waals surface area contributed by atoms with Crippen molar-refractivity contribution in [2.45, 2.75) is 18.4 Å². The predicted molar refractivity (Wildman–Crippen MR) is 57.6 cm³/mol. The minimum Gasteiger partial charge on any atom is -0.468 e. The first-order chi connectivity index (χ1) is 7.74. The number of carbonyl (C=O) groups is 1. The fraction of sp³-hybridized carbons (Fsp3) is 0.417. The second kappa shape index (κ2) is 4.61. The van der Waals surface area contributed by atoms with Gasteiger partial charge in [0.05, 0.1) is 7.11 Å². The molecule has 1 heterocycles. The Hall–Kier alpha value is -1.42. The summed E-state index contributed by atoms with van der Waals surface area (Å²) >= 11 is 0. The second-order valence-electron chi connectivity index (χ2n) is 3.87. The molecule has 1 aromatic carbocycles. The zero-order chi connectivity index (χ0) is 11.5. The predicted octanol–water partition coefficient (Wildman–Crippen LogP) is 1.44. The van der Waals surface area contributed by atoms with Crippen molar-refractivity contribution in [2.75, 3.05) is 13.7 Å². The molecular weight excluding hydrogens is 209 g/mol. The lowest BCUT2D eigenvalue weighted by Crippen LogP contribution is -2.35. The first kappa shape index (κ1) is 11.1. The molecule has 1 fully saturated rings. The monoisotopic (exact) mass is 223 g/mol. The lowest BCUT2D eigenvalue weighted by Gasteiger charge is -2.17. The van der Waals surface area contributed by atoms with E-state index in [1.165, 1.54) is 13.2 Å². The van der Waals surface area contributed by atoms with Crippen LogP contribution < -0.4 is 5.32 Å². The number of halogens is 1. The normalized spacial score (nSPS) is 24.4. The third-order valence-electron chi connectivity index (χ3n) is 2.98. The van der Waals surface area contributed by atoms with Gasteiger partial charge in [0.2, 0.25) is 0 Å². The number of benzene rings is 1. The van der Waals surface area contributed by atoms with Gasteiger partial charge in [-0.05, 0) is 24.6 Å². The molecule has 4 heteroatoms. The molecule has 0 amide bonds. The Bertz CT molecular complexity index is 394. The van der Waals surface area contributed by atoms with Gasteiger partial charge < -0.3 is 10.1 Å². The molecule has 2 rings (SSSR count). The fourth-order valence-electron chi connectivity index (χ4n) is 2.19. The first-order valence-electron chi connectivity index (χ1n) is 5.29. The maximum atomic E-state index is 13.6. The number of hydrogen-bond donors (Lipinski definition) is 1. The van der Waals surface area contributed by atoms with E-state index in [0.717, 1.165) is 6.42 Å². The Morgan fingerprint density at radius 1 is 1.50 bits per heavy atom. The third-order valence-corrected chi connectivity index (χ3v) is 2.98. The number of nitrogens with one attached hydrogen (secondary N) is 1. The Morgan fingerprint density at radius 3 is 2.94 bits per heavy atom. The summed E-state index contributed by atoms with van der Waals surface area (Å²) in [6, 6.07) is 6.14. The van der Waals surface area contributed by atoms with Crippen molar-refractivity contribution in [1.82, 2.24) is 5.32 Å². The van der Waals surface area contributed by atoms with E-state index in [4.69, 9.17) is 4.74 Å². The van der Waals surface area contributed by atoms with E-state index in [2.05, 4.69) is 5.32 Å². The average Bonchev–Trinajstić information content (AvgIpc) is 2.77. The summed E-state index contributed by atoms with van der Waals surface area (Å²) in [4.78, 5) is 11.5. The second-order valence-corrected chi connectivity index (χ2v) is 3.87. The lowest BCUT2D eigenvalue weighted by atomic mass is 9.91. The van der Waals surface area contributed by atoms with Crippen LogP contribution in [0.2, 0.25) is 0 Å². The van der Waals surface area contributed by atoms with Crippen LogP contribution in [0.4, 0.5) is 4.39 Å². The van der Waals surface area contributed by atoms with Gasteiger partial charge in [-0.25, -0.2) is 4.39 Å². The van der Waals surface area contributed by atoms with Crippen LogP contribution in [0.1, 0.15) is 17.9 Å². The van der Waals surface area contributed by atoms with Crippen LogP contribution in [0.3, 0.4) is 0 Å². The maximum Gasteiger partial charge on any atom is 0.323 e. The van der Waals surface area contributed by atoms with Gasteiger partial charge in [0.1, 0.15) is 11.9 Å². The minimum atomic E-state index is -0.429. The number of ether oxygens (including phenoxy) is 1. The molecule has 1 aliphatic heterocycles. The van der Waals surface area contributed by atoms with E-state index in [9.17, 15) is 9.18 Å². The Labute approximate surface area is 93.6 Å². The number of esters is 1. The third kappa shape index (κ3) is 1.93. The summed E-state index contributed by atoms with van der Waals surface area (Å²) in [6.45, 7) is 0.707. The highest BCUT2D eigenvalue weighted by molar-refractivity contribution is 5.77. The lowest BCUT2D eigenvalue weighted by molar-refractivity contribution is -0.143. The van der Waals surface area contributed by atoms with Crippen LogP contribution in [-0.4, -0.2) is 25.7 Å². The molecule has 3 nitrogen and oxygen atoms in total. The quantitative estimate of drug-likeness (QED) is 0.771. The summed E-state index contributed by atoms with van der Waals surface area (Å²) in [7, 11) is 1.35. The molecule has 0 unspecified atom stereocenters. The standard InChI is InChI=1S/C12H14FNO2/c1-16-12(15)11-9(6-7-14-11)8-4-2-3-5-10(8)13/h2-5,9,11,14H,6-7H2,1H3/t9-,11+/m0/s1. The minimum absolute atomic E-state index is 0.131. The van der Waals surface area contributed by atoms with Crippen LogP contribution in [-0.2, 0) is 9.53 Å². The van der Waals surface area contributed by atoms with Gasteiger partial charge in [0.25, 0.3) is 0 Å². The van der Waals surface area contributed by atoms with Crippen LogP contribution >= 0.6 is 0 Å². The van der Waals surface area contributed by atoms with Crippen LogP contribution in [0, 0.1) is 5.82 Å². The van der Waals surface area contributed by atoms with Crippen molar-refractivity contribution >= 4 is 5.97 Å². The zero-order valence-corrected chi connectivity index (χ0v) is 9.07. The van der Waals surface area contributed by atoms with E-state index in [1.54, 1.807) is 18.2 Å². The summed E-state index contributed by atoms with van der Waals surface area (Å²) < 4.78 is 18.3. The maximum absolute atomic E-state index is 13.6. The smallest absolute Gasteiger partial charge is 0.323 e. The number of carbonyl (C=O) groups excluding carboxylic acids is 1. The van der Waals surface area contributed by atoms with Crippen LogP contribution in [0.5, 0.6) is 0 Å². The van der Waals surface area contributed by atoms with Gasteiger partial charge in [-0.3, -0.25) is 4.79 Å². The molecule has 0 aliphatic carbocycles. The molecule has 1 saturated heterocycles. The first-order valence-corrected chi connectivity index (χ1v) is 5.29. The summed E-state index contributed by atoms with van der Waals surface area (Å²) in [5.74, 6) is -0.718. The van der Waals surface area contributed by atoms with Crippen molar-refractivity contribution in [3.63, 3.8) is 0 Å². The van der Waals surface area contributed by atoms with E-state index >= 15 is 0 Å². The van der Waals surface area contributed by atoms with Crippen molar-refractivity contribution in [2.24, 2.45) is 0 Å². The molecule has 0 radical (unpaired) electrons. The van der Waals surface area contributed by atoms with Gasteiger partial charge >= 0.3 is 5.97 Å². The fourth-order valence-corrected chi connectivity index (χ4v) is 2.19. The van der Waals surface area contributed by atoms with Crippen molar-refractivity contribution in [3.05, 3.63) is 35.6 Å². The highest BCUT2D eigenvalue weighted by atomic mass is 19.1. The Kier molecular flexibility index (Phi) is 3.19. The Balaban J connectivity index is 2.27. The van der Waals surface area contributed by atoms with Gasteiger partial charge in [-0.15, -0.1) is 0 Å². The van der Waals surface area contributed by atoms with Gasteiger partial charge in [-0.1, -0.05) is 18.2 Å². The molecule has 1 aliphatic rings. The van der Waals surface area contributed by atoms with Gasteiger partial charge in [-0.2, -0.15) is 0 Å². The highest BCUT2D eigenvalue weighted by Gasteiger charge is 2.35. The summed E-state index contributed by atoms with van der Waals surface area (Å²) in [5, 5.41) is 3.04. The van der Waals surface area contributed by atoms with E-state index in [-0.39, 0.29) is 17.7 Å². The summed E-state index contributed by atoms with van der Waals surface area (Å²) in [5.41, 5.74) is 0.586. The van der Waals surface area contributed by atoms with Gasteiger partial charge in [0.15, 0.2) is 0 Å². The Morgan fingerprint density at radius 2 is 2.25 bits per heavy atom. The SMILES string of the molecule is COC(=O)[C@@H]1NCC[C@H]1c1ccccc1F. The molecule has 0 saturated carbocycles. The van der Waals surface area contributed by atoms with Gasteiger partial charge in [0, 0.05) is 5.92 Å². The van der Waals surface area contributed by atoms with E-state index in [1.807, 2.05) is 0 Å². The van der Waals surface area contributed by atoms with Crippen LogP contribution in [0.15, 0.2) is 24.3 Å². The number of methoxy groups -OCH3 is 1. The summed E-state index contributed by atoms with van der Waals surface area (Å²) in [6.07, 6.45) is 0.751. The van der Waals surface area contributed by atoms with Crippen molar-refractivity contribution in [3.8, 4) is 0 Å². The average molecular weight is 223 g/mol. The molecule has 1 aromatic rings. The molecule has 1 N–H and O–H groups in total. The molecule has 16 heavy (non-hydrogen) atoms. The highest BCUT2D eigenvalue weighted by Crippen LogP contribution is 2.29. The zero-order valence-electron chi connectivity index (χ0n) is 9.07. The van der Waals surface area contributed by atoms with Crippen LogP contribution in [0.25, 0.3) is 0 Å². The van der Waals surface area contributed by atoms with Crippen molar-refractivity contribution in [1.29, 1.82) is 0 Å². The molecule has 0 aromatic heterocycles.